The highest BCUT2D eigenvalue weighted by Gasteiger charge is 2.30. The van der Waals surface area contributed by atoms with Crippen LogP contribution in [0.3, 0.4) is 0 Å². The first-order valence-electron chi connectivity index (χ1n) is 6.77. The Balaban J connectivity index is 2.47. The molecule has 1 heterocycles. The summed E-state index contributed by atoms with van der Waals surface area (Å²) in [5.41, 5.74) is 5.95. The molecule has 3 N–H and O–H groups in total. The van der Waals surface area contributed by atoms with Crippen LogP contribution in [0.25, 0.3) is 0 Å². The number of likely N-dealkylation sites (tertiary alicyclic amines) is 1. The lowest BCUT2D eigenvalue weighted by Crippen LogP contribution is -2.50. The largest absolute Gasteiger partial charge is 0.359 e. The average molecular weight is 255 g/mol. The zero-order chi connectivity index (χ0) is 13.7. The fourth-order valence-corrected chi connectivity index (χ4v) is 2.27. The summed E-state index contributed by atoms with van der Waals surface area (Å²) in [5, 5.41) is 2.66. The topological polar surface area (TPSA) is 75.4 Å². The molecule has 0 spiro atoms. The fraction of sp³-hybridized carbons (Fsp3) is 0.846. The van der Waals surface area contributed by atoms with E-state index in [1.165, 1.54) is 0 Å². The summed E-state index contributed by atoms with van der Waals surface area (Å²) in [6, 6.07) is -0.411. The second-order valence-electron chi connectivity index (χ2n) is 5.13. The van der Waals surface area contributed by atoms with Crippen molar-refractivity contribution in [2.75, 3.05) is 20.1 Å². The minimum atomic E-state index is -0.411. The standard InChI is InChI=1S/C13H25N3O2/c1-4-9(2)11(14)13(18)16-7-5-10(6-8-16)12(17)15-3/h9-11H,4-8,14H2,1-3H3,(H,15,17)/t9?,11-/m0/s1. The lowest BCUT2D eigenvalue weighted by Gasteiger charge is -2.33. The maximum absolute atomic E-state index is 12.1. The Hall–Kier alpha value is -1.10. The summed E-state index contributed by atoms with van der Waals surface area (Å²) in [6.45, 7) is 5.32. The highest BCUT2D eigenvalue weighted by Crippen LogP contribution is 2.19. The van der Waals surface area contributed by atoms with Crippen molar-refractivity contribution in [3.8, 4) is 0 Å². The van der Waals surface area contributed by atoms with Crippen LogP contribution in [-0.4, -0.2) is 42.9 Å². The van der Waals surface area contributed by atoms with Crippen molar-refractivity contribution in [2.45, 2.75) is 39.2 Å². The maximum Gasteiger partial charge on any atom is 0.239 e. The van der Waals surface area contributed by atoms with Gasteiger partial charge in [-0.25, -0.2) is 0 Å². The van der Waals surface area contributed by atoms with Crippen LogP contribution in [0.2, 0.25) is 0 Å². The predicted molar refractivity (Wildman–Crippen MR) is 70.8 cm³/mol. The van der Waals surface area contributed by atoms with Gasteiger partial charge in [0.2, 0.25) is 11.8 Å². The molecule has 1 aliphatic rings. The van der Waals surface area contributed by atoms with Crippen LogP contribution < -0.4 is 11.1 Å². The smallest absolute Gasteiger partial charge is 0.239 e. The van der Waals surface area contributed by atoms with Gasteiger partial charge in [0.1, 0.15) is 0 Å². The van der Waals surface area contributed by atoms with Crippen molar-refractivity contribution < 1.29 is 9.59 Å². The molecule has 5 heteroatoms. The number of carbonyl (C=O) groups excluding carboxylic acids is 2. The van der Waals surface area contributed by atoms with Crippen LogP contribution in [0.4, 0.5) is 0 Å². The molecule has 0 aromatic heterocycles. The van der Waals surface area contributed by atoms with Gasteiger partial charge in [-0.15, -0.1) is 0 Å². The monoisotopic (exact) mass is 255 g/mol. The van der Waals surface area contributed by atoms with Crippen molar-refractivity contribution in [2.24, 2.45) is 17.6 Å². The van der Waals surface area contributed by atoms with Gasteiger partial charge in [0, 0.05) is 26.1 Å². The lowest BCUT2D eigenvalue weighted by atomic mass is 9.93. The van der Waals surface area contributed by atoms with Gasteiger partial charge >= 0.3 is 0 Å². The minimum Gasteiger partial charge on any atom is -0.359 e. The molecule has 1 rings (SSSR count). The number of nitrogens with zero attached hydrogens (tertiary/aromatic N) is 1. The number of amides is 2. The molecule has 0 saturated carbocycles. The van der Waals surface area contributed by atoms with E-state index in [1.807, 2.05) is 13.8 Å². The van der Waals surface area contributed by atoms with Gasteiger partial charge < -0.3 is 16.0 Å². The van der Waals surface area contributed by atoms with Crippen LogP contribution in [0, 0.1) is 11.8 Å². The summed E-state index contributed by atoms with van der Waals surface area (Å²) >= 11 is 0. The van der Waals surface area contributed by atoms with Gasteiger partial charge in [0.25, 0.3) is 0 Å². The molecule has 0 aromatic carbocycles. The lowest BCUT2D eigenvalue weighted by molar-refractivity contribution is -0.137. The molecule has 2 amide bonds. The van der Waals surface area contributed by atoms with E-state index in [0.29, 0.717) is 13.1 Å². The van der Waals surface area contributed by atoms with Crippen molar-refractivity contribution in [1.82, 2.24) is 10.2 Å². The molecule has 2 atom stereocenters. The molecule has 0 bridgehead atoms. The third-order valence-electron chi connectivity index (χ3n) is 3.97. The molecular formula is C13H25N3O2. The van der Waals surface area contributed by atoms with Gasteiger partial charge in [0.15, 0.2) is 0 Å². The summed E-state index contributed by atoms with van der Waals surface area (Å²) < 4.78 is 0. The molecule has 1 saturated heterocycles. The van der Waals surface area contributed by atoms with E-state index in [1.54, 1.807) is 11.9 Å². The van der Waals surface area contributed by atoms with Crippen LogP contribution in [0.1, 0.15) is 33.1 Å². The Morgan fingerprint density at radius 3 is 2.39 bits per heavy atom. The van der Waals surface area contributed by atoms with E-state index in [-0.39, 0.29) is 23.7 Å². The normalized spacial score (nSPS) is 20.3. The van der Waals surface area contributed by atoms with E-state index in [4.69, 9.17) is 5.73 Å². The van der Waals surface area contributed by atoms with Crippen LogP contribution >= 0.6 is 0 Å². The molecule has 1 fully saturated rings. The molecule has 5 nitrogen and oxygen atoms in total. The van der Waals surface area contributed by atoms with Crippen molar-refractivity contribution in [3.05, 3.63) is 0 Å². The number of carbonyl (C=O) groups is 2. The third kappa shape index (κ3) is 3.45. The van der Waals surface area contributed by atoms with Crippen LogP contribution in [-0.2, 0) is 9.59 Å². The van der Waals surface area contributed by atoms with Crippen LogP contribution in [0.15, 0.2) is 0 Å². The summed E-state index contributed by atoms with van der Waals surface area (Å²) in [5.74, 6) is 0.348. The summed E-state index contributed by atoms with van der Waals surface area (Å²) in [4.78, 5) is 25.4. The van der Waals surface area contributed by atoms with Gasteiger partial charge in [0.05, 0.1) is 6.04 Å². The Morgan fingerprint density at radius 1 is 1.39 bits per heavy atom. The molecule has 18 heavy (non-hydrogen) atoms. The number of piperidine rings is 1. The van der Waals surface area contributed by atoms with Gasteiger partial charge in [-0.1, -0.05) is 20.3 Å². The quantitative estimate of drug-likeness (QED) is 0.761. The van der Waals surface area contributed by atoms with Crippen molar-refractivity contribution in [3.63, 3.8) is 0 Å². The second kappa shape index (κ2) is 6.73. The molecule has 1 aliphatic heterocycles. The van der Waals surface area contributed by atoms with Gasteiger partial charge in [-0.05, 0) is 18.8 Å². The first-order chi connectivity index (χ1) is 8.51. The van der Waals surface area contributed by atoms with E-state index in [9.17, 15) is 9.59 Å². The SMILES string of the molecule is CCC(C)[C@H](N)C(=O)N1CCC(C(=O)NC)CC1. The highest BCUT2D eigenvalue weighted by atomic mass is 16.2. The zero-order valence-electron chi connectivity index (χ0n) is 11.6. The molecule has 0 aromatic rings. The van der Waals surface area contributed by atoms with Crippen molar-refractivity contribution >= 4 is 11.8 Å². The Labute approximate surface area is 109 Å². The van der Waals surface area contributed by atoms with E-state index in [2.05, 4.69) is 5.32 Å². The molecule has 0 aliphatic carbocycles. The number of hydrogen-bond acceptors (Lipinski definition) is 3. The Bertz CT molecular complexity index is 299. The summed E-state index contributed by atoms with van der Waals surface area (Å²) in [7, 11) is 1.65. The molecule has 1 unspecified atom stereocenters. The molecule has 0 radical (unpaired) electrons. The minimum absolute atomic E-state index is 0.0275. The Morgan fingerprint density at radius 2 is 1.94 bits per heavy atom. The third-order valence-corrected chi connectivity index (χ3v) is 3.97. The number of nitrogens with two attached hydrogens (primary N) is 1. The number of rotatable bonds is 4. The molecular weight excluding hydrogens is 230 g/mol. The van der Waals surface area contributed by atoms with E-state index < -0.39 is 6.04 Å². The average Bonchev–Trinajstić information content (AvgIpc) is 2.44. The van der Waals surface area contributed by atoms with Gasteiger partial charge in [-0.2, -0.15) is 0 Å². The van der Waals surface area contributed by atoms with Crippen LogP contribution in [0.5, 0.6) is 0 Å². The first-order valence-corrected chi connectivity index (χ1v) is 6.77. The Kier molecular flexibility index (Phi) is 5.59. The van der Waals surface area contributed by atoms with E-state index >= 15 is 0 Å². The summed E-state index contributed by atoms with van der Waals surface area (Å²) in [6.07, 6.45) is 2.37. The fourth-order valence-electron chi connectivity index (χ4n) is 2.27. The van der Waals surface area contributed by atoms with Gasteiger partial charge in [-0.3, -0.25) is 9.59 Å². The van der Waals surface area contributed by atoms with E-state index in [0.717, 1.165) is 19.3 Å². The maximum atomic E-state index is 12.1. The predicted octanol–water partition coefficient (Wildman–Crippen LogP) is 0.344. The van der Waals surface area contributed by atoms with Crippen molar-refractivity contribution in [1.29, 1.82) is 0 Å². The number of nitrogens with one attached hydrogen (secondary N) is 1. The highest BCUT2D eigenvalue weighted by molar-refractivity contribution is 5.83. The number of hydrogen-bond donors (Lipinski definition) is 2. The molecule has 104 valence electrons. The zero-order valence-corrected chi connectivity index (χ0v) is 11.6. The first kappa shape index (κ1) is 15.0. The second-order valence-corrected chi connectivity index (χ2v) is 5.13.